The van der Waals surface area contributed by atoms with Crippen LogP contribution in [0.5, 0.6) is 0 Å². The van der Waals surface area contributed by atoms with E-state index in [1.54, 1.807) is 55.5 Å². The lowest BCUT2D eigenvalue weighted by atomic mass is 9.99. The molecule has 0 spiro atoms. The molecule has 2 amide bonds. The molecule has 2 atom stereocenters. The van der Waals surface area contributed by atoms with Crippen LogP contribution >= 0.6 is 11.8 Å². The molecule has 34 heavy (non-hydrogen) atoms. The second-order valence-electron chi connectivity index (χ2n) is 8.16. The molecule has 2 aromatic rings. The minimum Gasteiger partial charge on any atom is -0.449 e. The van der Waals surface area contributed by atoms with E-state index in [2.05, 4.69) is 12.2 Å². The molecule has 0 bridgehead atoms. The zero-order valence-corrected chi connectivity index (χ0v) is 20.3. The van der Waals surface area contributed by atoms with Crippen LogP contribution in [0.2, 0.25) is 0 Å². The number of hydrogen-bond acceptors (Lipinski definition) is 6. The third-order valence-electron chi connectivity index (χ3n) is 5.75. The van der Waals surface area contributed by atoms with Crippen molar-refractivity contribution in [3.63, 3.8) is 0 Å². The van der Waals surface area contributed by atoms with E-state index < -0.39 is 12.1 Å². The number of carbonyl (C=O) groups excluding carboxylic acids is 3. The summed E-state index contributed by atoms with van der Waals surface area (Å²) in [5.41, 5.74) is 1.31. The summed E-state index contributed by atoms with van der Waals surface area (Å²) >= 11 is 1.21. The molecule has 2 aromatic carbocycles. The molecule has 0 aromatic heterocycles. The van der Waals surface area contributed by atoms with Gasteiger partial charge in [0.1, 0.15) is 0 Å². The van der Waals surface area contributed by atoms with Gasteiger partial charge in [-0.05, 0) is 62.9 Å². The number of rotatable bonds is 8. The standard InChI is InChI=1S/C26H29N3O4S/c1-3-21-11-6-7-14-29(21)25(31)18(2)33-26(32)22-12-4-5-13-23(22)34-17-24(30)28-20-10-8-9-19(15-20)16-27/h4-5,8-10,12-13,15,18,21H,3,6-7,11,14,17H2,1-2H3,(H,28,30). The third kappa shape index (κ3) is 6.61. The van der Waals surface area contributed by atoms with Gasteiger partial charge in [-0.15, -0.1) is 11.8 Å². The molecule has 2 unspecified atom stereocenters. The van der Waals surface area contributed by atoms with Crippen molar-refractivity contribution in [1.82, 2.24) is 4.90 Å². The van der Waals surface area contributed by atoms with Crippen molar-refractivity contribution in [1.29, 1.82) is 5.26 Å². The van der Waals surface area contributed by atoms with Crippen LogP contribution in [0.25, 0.3) is 0 Å². The van der Waals surface area contributed by atoms with Crippen LogP contribution in [-0.2, 0) is 14.3 Å². The summed E-state index contributed by atoms with van der Waals surface area (Å²) in [6.45, 7) is 4.37. The number of nitriles is 1. The van der Waals surface area contributed by atoms with Gasteiger partial charge in [0, 0.05) is 23.2 Å². The van der Waals surface area contributed by atoms with Gasteiger partial charge in [-0.3, -0.25) is 9.59 Å². The number of hydrogen-bond donors (Lipinski definition) is 1. The smallest absolute Gasteiger partial charge is 0.340 e. The molecule has 0 aliphatic carbocycles. The van der Waals surface area contributed by atoms with E-state index in [9.17, 15) is 14.4 Å². The summed E-state index contributed by atoms with van der Waals surface area (Å²) in [6, 6.07) is 15.8. The number of likely N-dealkylation sites (tertiary alicyclic amines) is 1. The van der Waals surface area contributed by atoms with E-state index in [0.717, 1.165) is 25.7 Å². The number of esters is 1. The lowest BCUT2D eigenvalue weighted by Gasteiger charge is -2.36. The molecule has 1 aliphatic rings. The van der Waals surface area contributed by atoms with Crippen molar-refractivity contribution in [3.05, 3.63) is 59.7 Å². The van der Waals surface area contributed by atoms with Crippen molar-refractivity contribution < 1.29 is 19.1 Å². The number of benzene rings is 2. The Labute approximate surface area is 204 Å². The average molecular weight is 480 g/mol. The van der Waals surface area contributed by atoms with Gasteiger partial charge < -0.3 is 15.0 Å². The van der Waals surface area contributed by atoms with Crippen molar-refractivity contribution in [2.45, 2.75) is 56.6 Å². The average Bonchev–Trinajstić information content (AvgIpc) is 2.87. The van der Waals surface area contributed by atoms with Crippen LogP contribution in [0.15, 0.2) is 53.4 Å². The first-order valence-corrected chi connectivity index (χ1v) is 12.4. The molecule has 0 radical (unpaired) electrons. The maximum atomic E-state index is 12.9. The van der Waals surface area contributed by atoms with Crippen molar-refractivity contribution in [2.75, 3.05) is 17.6 Å². The Kier molecular flexibility index (Phi) is 9.11. The van der Waals surface area contributed by atoms with Gasteiger partial charge in [-0.2, -0.15) is 5.26 Å². The SMILES string of the molecule is CCC1CCCCN1C(=O)C(C)OC(=O)c1ccccc1SCC(=O)Nc1cccc(C#N)c1. The van der Waals surface area contributed by atoms with Gasteiger partial charge in [0.2, 0.25) is 5.91 Å². The number of carbonyl (C=O) groups is 3. The fraction of sp³-hybridized carbons (Fsp3) is 0.385. The highest BCUT2D eigenvalue weighted by Gasteiger charge is 2.31. The Morgan fingerprint density at radius 1 is 1.21 bits per heavy atom. The second-order valence-corrected chi connectivity index (χ2v) is 9.18. The van der Waals surface area contributed by atoms with E-state index in [1.165, 1.54) is 11.8 Å². The molecule has 1 saturated heterocycles. The topological polar surface area (TPSA) is 99.5 Å². The predicted octanol–water partition coefficient (Wildman–Crippen LogP) is 4.63. The maximum Gasteiger partial charge on any atom is 0.340 e. The quantitative estimate of drug-likeness (QED) is 0.438. The molecule has 178 valence electrons. The van der Waals surface area contributed by atoms with E-state index in [-0.39, 0.29) is 23.6 Å². The largest absolute Gasteiger partial charge is 0.449 e. The van der Waals surface area contributed by atoms with E-state index >= 15 is 0 Å². The Bertz CT molecular complexity index is 1080. The van der Waals surface area contributed by atoms with Crippen molar-refractivity contribution in [2.24, 2.45) is 0 Å². The maximum absolute atomic E-state index is 12.9. The molecule has 1 N–H and O–H groups in total. The Morgan fingerprint density at radius 2 is 2.00 bits per heavy atom. The molecule has 0 saturated carbocycles. The zero-order valence-electron chi connectivity index (χ0n) is 19.5. The number of anilines is 1. The summed E-state index contributed by atoms with van der Waals surface area (Å²) in [4.78, 5) is 40.6. The van der Waals surface area contributed by atoms with Crippen LogP contribution < -0.4 is 5.32 Å². The van der Waals surface area contributed by atoms with Gasteiger partial charge in [0.15, 0.2) is 6.10 Å². The molecular weight excluding hydrogens is 450 g/mol. The predicted molar refractivity (Wildman–Crippen MR) is 131 cm³/mol. The normalized spacial score (nSPS) is 16.3. The third-order valence-corrected chi connectivity index (χ3v) is 6.83. The Balaban J connectivity index is 1.60. The minimum atomic E-state index is -0.881. The lowest BCUT2D eigenvalue weighted by Crippen LogP contribution is -2.48. The number of thioether (sulfide) groups is 1. The summed E-state index contributed by atoms with van der Waals surface area (Å²) in [6.07, 6.45) is 3.05. The highest BCUT2D eigenvalue weighted by atomic mass is 32.2. The Morgan fingerprint density at radius 3 is 2.76 bits per heavy atom. The number of ether oxygens (including phenoxy) is 1. The summed E-state index contributed by atoms with van der Waals surface area (Å²) < 4.78 is 5.54. The minimum absolute atomic E-state index is 0.0709. The van der Waals surface area contributed by atoms with E-state index in [1.807, 2.05) is 11.0 Å². The second kappa shape index (κ2) is 12.2. The van der Waals surface area contributed by atoms with E-state index in [0.29, 0.717) is 28.3 Å². The number of nitrogens with zero attached hydrogens (tertiary/aromatic N) is 2. The number of nitrogens with one attached hydrogen (secondary N) is 1. The van der Waals surface area contributed by atoms with E-state index in [4.69, 9.17) is 10.00 Å². The zero-order chi connectivity index (χ0) is 24.5. The first-order valence-electron chi connectivity index (χ1n) is 11.5. The summed E-state index contributed by atoms with van der Waals surface area (Å²) in [7, 11) is 0. The molecule has 8 heteroatoms. The fourth-order valence-corrected chi connectivity index (χ4v) is 4.83. The van der Waals surface area contributed by atoms with Crippen LogP contribution in [0.1, 0.15) is 55.5 Å². The summed E-state index contributed by atoms with van der Waals surface area (Å²) in [5, 5.41) is 11.7. The highest BCUT2D eigenvalue weighted by molar-refractivity contribution is 8.00. The van der Waals surface area contributed by atoms with Gasteiger partial charge in [-0.1, -0.05) is 25.1 Å². The molecular formula is C26H29N3O4S. The Hall–Kier alpha value is -3.31. The molecule has 3 rings (SSSR count). The lowest BCUT2D eigenvalue weighted by molar-refractivity contribution is -0.143. The summed E-state index contributed by atoms with van der Waals surface area (Å²) in [5.74, 6) is -0.940. The van der Waals surface area contributed by atoms with Crippen LogP contribution in [-0.4, -0.2) is 47.1 Å². The first-order chi connectivity index (χ1) is 16.4. The van der Waals surface area contributed by atoms with Crippen molar-refractivity contribution >= 4 is 35.2 Å². The highest BCUT2D eigenvalue weighted by Crippen LogP contribution is 2.25. The number of amides is 2. The van der Waals surface area contributed by atoms with Crippen LogP contribution in [0, 0.1) is 11.3 Å². The van der Waals surface area contributed by atoms with Gasteiger partial charge in [-0.25, -0.2) is 4.79 Å². The molecule has 1 fully saturated rings. The monoisotopic (exact) mass is 479 g/mol. The van der Waals surface area contributed by atoms with Crippen LogP contribution in [0.4, 0.5) is 5.69 Å². The van der Waals surface area contributed by atoms with Gasteiger partial charge in [0.25, 0.3) is 5.91 Å². The van der Waals surface area contributed by atoms with Crippen molar-refractivity contribution in [3.8, 4) is 6.07 Å². The fourth-order valence-electron chi connectivity index (χ4n) is 3.99. The first kappa shape index (κ1) is 25.3. The molecule has 7 nitrogen and oxygen atoms in total. The van der Waals surface area contributed by atoms with Gasteiger partial charge >= 0.3 is 5.97 Å². The molecule has 1 heterocycles. The van der Waals surface area contributed by atoms with Gasteiger partial charge in [0.05, 0.1) is 22.9 Å². The van der Waals surface area contributed by atoms with Crippen LogP contribution in [0.3, 0.4) is 0 Å². The number of piperidine rings is 1. The molecule has 1 aliphatic heterocycles.